The first-order valence-corrected chi connectivity index (χ1v) is 6.79. The molecule has 2 rings (SSSR count). The summed E-state index contributed by atoms with van der Waals surface area (Å²) in [5.41, 5.74) is 1.03. The molecule has 0 aliphatic carbocycles. The van der Waals surface area contributed by atoms with Crippen LogP contribution in [0.15, 0.2) is 18.2 Å². The Morgan fingerprint density at radius 1 is 1.50 bits per heavy atom. The van der Waals surface area contributed by atoms with Crippen LogP contribution in [-0.4, -0.2) is 26.9 Å². The van der Waals surface area contributed by atoms with Crippen LogP contribution in [0.25, 0.3) is 0 Å². The van der Waals surface area contributed by atoms with Gasteiger partial charge >= 0.3 is 0 Å². The first-order valence-electron chi connectivity index (χ1n) is 6.41. The molecule has 0 amide bonds. The zero-order valence-electron chi connectivity index (χ0n) is 10.7. The summed E-state index contributed by atoms with van der Waals surface area (Å²) in [6, 6.07) is 5.74. The second kappa shape index (κ2) is 6.98. The quantitative estimate of drug-likeness (QED) is 0.806. The van der Waals surface area contributed by atoms with Crippen LogP contribution in [0.4, 0.5) is 0 Å². The van der Waals surface area contributed by atoms with E-state index in [1.807, 2.05) is 18.2 Å². The van der Waals surface area contributed by atoms with Gasteiger partial charge in [0.1, 0.15) is 5.75 Å². The zero-order valence-corrected chi connectivity index (χ0v) is 11.5. The van der Waals surface area contributed by atoms with Crippen molar-refractivity contribution in [3.63, 3.8) is 0 Å². The molecule has 100 valence electrons. The fourth-order valence-corrected chi connectivity index (χ4v) is 2.46. The molecule has 1 unspecified atom stereocenters. The maximum absolute atomic E-state index is 6.17. The highest BCUT2D eigenvalue weighted by Gasteiger charge is 2.15. The molecule has 0 saturated carbocycles. The van der Waals surface area contributed by atoms with E-state index in [1.54, 1.807) is 7.11 Å². The van der Waals surface area contributed by atoms with Gasteiger partial charge in [-0.1, -0.05) is 17.7 Å². The molecule has 1 aliphatic heterocycles. The third-order valence-electron chi connectivity index (χ3n) is 3.35. The average Bonchev–Trinajstić information content (AvgIpc) is 2.89. The van der Waals surface area contributed by atoms with E-state index in [1.165, 1.54) is 6.42 Å². The van der Waals surface area contributed by atoms with Gasteiger partial charge in [0.25, 0.3) is 0 Å². The van der Waals surface area contributed by atoms with Crippen molar-refractivity contribution in [1.82, 2.24) is 5.32 Å². The van der Waals surface area contributed by atoms with Gasteiger partial charge in [0.2, 0.25) is 0 Å². The Bertz CT molecular complexity index is 378. The number of nitrogens with one attached hydrogen (secondary N) is 1. The van der Waals surface area contributed by atoms with E-state index < -0.39 is 0 Å². The van der Waals surface area contributed by atoms with E-state index in [9.17, 15) is 0 Å². The molecule has 1 fully saturated rings. The molecule has 1 N–H and O–H groups in total. The largest absolute Gasteiger partial charge is 0.496 e. The minimum Gasteiger partial charge on any atom is -0.496 e. The number of rotatable bonds is 6. The Labute approximate surface area is 113 Å². The summed E-state index contributed by atoms with van der Waals surface area (Å²) in [6.45, 7) is 3.57. The van der Waals surface area contributed by atoms with E-state index in [4.69, 9.17) is 21.1 Å². The maximum atomic E-state index is 6.17. The van der Waals surface area contributed by atoms with Crippen LogP contribution in [0, 0.1) is 5.92 Å². The lowest BCUT2D eigenvalue weighted by Crippen LogP contribution is -2.18. The lowest BCUT2D eigenvalue weighted by Gasteiger charge is -2.12. The number of hydrogen-bond acceptors (Lipinski definition) is 3. The van der Waals surface area contributed by atoms with Gasteiger partial charge in [0, 0.05) is 30.3 Å². The van der Waals surface area contributed by atoms with Gasteiger partial charge in [-0.25, -0.2) is 0 Å². The van der Waals surface area contributed by atoms with E-state index >= 15 is 0 Å². The molecular formula is C14H20ClNO2. The van der Waals surface area contributed by atoms with Crippen LogP contribution in [-0.2, 0) is 11.3 Å². The summed E-state index contributed by atoms with van der Waals surface area (Å²) in [6.07, 6.45) is 2.35. The highest BCUT2D eigenvalue weighted by molar-refractivity contribution is 6.31. The number of methoxy groups -OCH3 is 1. The van der Waals surface area contributed by atoms with Crippen LogP contribution in [0.5, 0.6) is 5.75 Å². The number of ether oxygens (including phenoxy) is 2. The van der Waals surface area contributed by atoms with Crippen molar-refractivity contribution in [3.05, 3.63) is 28.8 Å². The molecule has 1 atom stereocenters. The highest BCUT2D eigenvalue weighted by atomic mass is 35.5. The lowest BCUT2D eigenvalue weighted by molar-refractivity contribution is 0.184. The van der Waals surface area contributed by atoms with Crippen LogP contribution >= 0.6 is 11.6 Å². The van der Waals surface area contributed by atoms with Crippen molar-refractivity contribution in [1.29, 1.82) is 0 Å². The molecule has 0 bridgehead atoms. The Kier molecular flexibility index (Phi) is 5.29. The van der Waals surface area contributed by atoms with Crippen molar-refractivity contribution in [3.8, 4) is 5.75 Å². The molecule has 1 heterocycles. The molecule has 1 aromatic rings. The van der Waals surface area contributed by atoms with Gasteiger partial charge in [0.05, 0.1) is 7.11 Å². The predicted octanol–water partition coefficient (Wildman–Crippen LogP) is 2.86. The second-order valence-electron chi connectivity index (χ2n) is 4.62. The van der Waals surface area contributed by atoms with Crippen molar-refractivity contribution in [2.24, 2.45) is 5.92 Å². The van der Waals surface area contributed by atoms with Gasteiger partial charge in [-0.3, -0.25) is 0 Å². The van der Waals surface area contributed by atoms with E-state index in [0.29, 0.717) is 5.92 Å². The van der Waals surface area contributed by atoms with Gasteiger partial charge in [0.15, 0.2) is 0 Å². The first-order chi connectivity index (χ1) is 8.81. The van der Waals surface area contributed by atoms with Crippen molar-refractivity contribution in [2.45, 2.75) is 19.4 Å². The summed E-state index contributed by atoms with van der Waals surface area (Å²) in [5, 5.41) is 4.18. The van der Waals surface area contributed by atoms with Gasteiger partial charge in [-0.05, 0) is 37.4 Å². The summed E-state index contributed by atoms with van der Waals surface area (Å²) in [7, 11) is 1.67. The molecule has 18 heavy (non-hydrogen) atoms. The summed E-state index contributed by atoms with van der Waals surface area (Å²) in [4.78, 5) is 0. The molecule has 3 nitrogen and oxygen atoms in total. The van der Waals surface area contributed by atoms with E-state index in [0.717, 1.165) is 49.1 Å². The third-order valence-corrected chi connectivity index (χ3v) is 3.71. The minimum absolute atomic E-state index is 0.714. The summed E-state index contributed by atoms with van der Waals surface area (Å²) in [5.74, 6) is 1.56. The average molecular weight is 270 g/mol. The summed E-state index contributed by atoms with van der Waals surface area (Å²) < 4.78 is 10.7. The SMILES string of the molecule is COc1cccc(Cl)c1CNCCC1CCOC1. The molecule has 1 saturated heterocycles. The number of hydrogen-bond donors (Lipinski definition) is 1. The number of halogens is 1. The van der Waals surface area contributed by atoms with E-state index in [-0.39, 0.29) is 0 Å². The maximum Gasteiger partial charge on any atom is 0.124 e. The molecule has 0 aromatic heterocycles. The Morgan fingerprint density at radius 3 is 3.11 bits per heavy atom. The van der Waals surface area contributed by atoms with Gasteiger partial charge < -0.3 is 14.8 Å². The van der Waals surface area contributed by atoms with E-state index in [2.05, 4.69) is 5.32 Å². The predicted molar refractivity (Wildman–Crippen MR) is 73.3 cm³/mol. The lowest BCUT2D eigenvalue weighted by atomic mass is 10.1. The normalized spacial score (nSPS) is 19.1. The molecule has 1 aromatic carbocycles. The minimum atomic E-state index is 0.714. The van der Waals surface area contributed by atoms with Crippen molar-refractivity contribution >= 4 is 11.6 Å². The molecule has 4 heteroatoms. The smallest absolute Gasteiger partial charge is 0.124 e. The second-order valence-corrected chi connectivity index (χ2v) is 5.02. The van der Waals surface area contributed by atoms with Crippen LogP contribution in [0.1, 0.15) is 18.4 Å². The fraction of sp³-hybridized carbons (Fsp3) is 0.571. The van der Waals surface area contributed by atoms with Gasteiger partial charge in [-0.2, -0.15) is 0 Å². The monoisotopic (exact) mass is 269 g/mol. The third kappa shape index (κ3) is 3.61. The first kappa shape index (κ1) is 13.7. The molecule has 0 spiro atoms. The van der Waals surface area contributed by atoms with Crippen LogP contribution in [0.2, 0.25) is 5.02 Å². The topological polar surface area (TPSA) is 30.5 Å². The molecule has 1 aliphatic rings. The number of benzene rings is 1. The molecule has 0 radical (unpaired) electrons. The fourth-order valence-electron chi connectivity index (χ4n) is 2.23. The highest BCUT2D eigenvalue weighted by Crippen LogP contribution is 2.26. The zero-order chi connectivity index (χ0) is 12.8. The van der Waals surface area contributed by atoms with Crippen LogP contribution < -0.4 is 10.1 Å². The van der Waals surface area contributed by atoms with Gasteiger partial charge in [-0.15, -0.1) is 0 Å². The van der Waals surface area contributed by atoms with Crippen LogP contribution in [0.3, 0.4) is 0 Å². The Morgan fingerprint density at radius 2 is 2.39 bits per heavy atom. The Hall–Kier alpha value is -0.770. The van der Waals surface area contributed by atoms with Crippen molar-refractivity contribution in [2.75, 3.05) is 26.9 Å². The summed E-state index contributed by atoms with van der Waals surface area (Å²) >= 11 is 6.17. The standard InChI is InChI=1S/C14H20ClNO2/c1-17-14-4-2-3-13(15)12(14)9-16-7-5-11-6-8-18-10-11/h2-4,11,16H,5-10H2,1H3. The molecular weight excluding hydrogens is 250 g/mol. The van der Waals surface area contributed by atoms with Crippen molar-refractivity contribution < 1.29 is 9.47 Å². The Balaban J connectivity index is 1.78.